The number of esters is 1. The molecule has 0 bridgehead atoms. The number of hydrogen-bond donors (Lipinski definition) is 0. The Hall–Kier alpha value is -2.45. The molecular formula is C21H21FN2O3S2. The molecule has 1 heterocycles. The molecule has 29 heavy (non-hydrogen) atoms. The van der Waals surface area contributed by atoms with Crippen LogP contribution in [-0.4, -0.2) is 28.8 Å². The number of amides is 1. The van der Waals surface area contributed by atoms with Crippen LogP contribution in [0.4, 0.5) is 4.39 Å². The van der Waals surface area contributed by atoms with Crippen molar-refractivity contribution in [3.63, 3.8) is 0 Å². The number of ether oxygens (including phenoxy) is 1. The molecule has 0 saturated heterocycles. The van der Waals surface area contributed by atoms with Gasteiger partial charge in [-0.3, -0.25) is 9.59 Å². The molecule has 0 aliphatic heterocycles. The fourth-order valence-electron chi connectivity index (χ4n) is 2.85. The largest absolute Gasteiger partial charge is 0.465 e. The van der Waals surface area contributed by atoms with Crippen LogP contribution < -0.4 is 4.80 Å². The van der Waals surface area contributed by atoms with Gasteiger partial charge in [-0.05, 0) is 42.5 Å². The number of carbonyl (C=O) groups excluding carboxylic acids is 2. The van der Waals surface area contributed by atoms with Crippen LogP contribution in [0.25, 0.3) is 10.2 Å². The Kier molecular flexibility index (Phi) is 7.22. The number of aromatic nitrogens is 1. The first-order chi connectivity index (χ1) is 14.0. The number of fused-ring (bicyclic) bond motifs is 1. The number of nitrogens with zero attached hydrogens (tertiary/aromatic N) is 2. The summed E-state index contributed by atoms with van der Waals surface area (Å²) >= 11 is 2.90. The monoisotopic (exact) mass is 432 g/mol. The first kappa shape index (κ1) is 21.3. The summed E-state index contributed by atoms with van der Waals surface area (Å²) in [5.41, 5.74) is 1.10. The van der Waals surface area contributed by atoms with Gasteiger partial charge in [0, 0.05) is 4.90 Å². The summed E-state index contributed by atoms with van der Waals surface area (Å²) in [6.45, 7) is 3.81. The van der Waals surface area contributed by atoms with Crippen LogP contribution in [0, 0.1) is 5.82 Å². The number of benzene rings is 2. The van der Waals surface area contributed by atoms with Gasteiger partial charge < -0.3 is 9.30 Å². The molecule has 152 valence electrons. The molecule has 3 aromatic rings. The van der Waals surface area contributed by atoms with E-state index < -0.39 is 11.8 Å². The maximum absolute atomic E-state index is 14.4. The molecular weight excluding hydrogens is 411 g/mol. The molecule has 1 amide bonds. The molecule has 0 atom stereocenters. The lowest BCUT2D eigenvalue weighted by molar-refractivity contribution is -0.143. The molecule has 0 spiro atoms. The van der Waals surface area contributed by atoms with Crippen molar-refractivity contribution in [1.29, 1.82) is 0 Å². The van der Waals surface area contributed by atoms with E-state index in [4.69, 9.17) is 4.74 Å². The molecule has 1 aromatic heterocycles. The van der Waals surface area contributed by atoms with Crippen molar-refractivity contribution in [1.82, 2.24) is 4.57 Å². The topological polar surface area (TPSA) is 60.7 Å². The predicted molar refractivity (Wildman–Crippen MR) is 114 cm³/mol. The molecule has 3 rings (SSSR count). The molecule has 0 aliphatic carbocycles. The third-order valence-electron chi connectivity index (χ3n) is 4.05. The highest BCUT2D eigenvalue weighted by molar-refractivity contribution is 7.99. The smallest absolute Gasteiger partial charge is 0.326 e. The third kappa shape index (κ3) is 5.33. The van der Waals surface area contributed by atoms with Crippen LogP contribution in [0.5, 0.6) is 0 Å². The number of hydrogen-bond acceptors (Lipinski definition) is 5. The van der Waals surface area contributed by atoms with Crippen molar-refractivity contribution in [3.05, 3.63) is 58.6 Å². The summed E-state index contributed by atoms with van der Waals surface area (Å²) < 4.78 is 21.4. The minimum absolute atomic E-state index is 0.132. The Morgan fingerprint density at radius 3 is 2.62 bits per heavy atom. The van der Waals surface area contributed by atoms with Gasteiger partial charge in [-0.2, -0.15) is 4.99 Å². The first-order valence-electron chi connectivity index (χ1n) is 9.24. The molecule has 0 N–H and O–H groups in total. The highest BCUT2D eigenvalue weighted by Gasteiger charge is 2.15. The molecule has 8 heteroatoms. The lowest BCUT2D eigenvalue weighted by Gasteiger charge is -2.05. The second-order valence-electron chi connectivity index (χ2n) is 6.12. The molecule has 0 aliphatic rings. The van der Waals surface area contributed by atoms with Crippen molar-refractivity contribution in [2.75, 3.05) is 12.4 Å². The predicted octanol–water partition coefficient (Wildman–Crippen LogP) is 4.19. The molecule has 0 radical (unpaired) electrons. The highest BCUT2D eigenvalue weighted by Crippen LogP contribution is 2.21. The van der Waals surface area contributed by atoms with Crippen molar-refractivity contribution < 1.29 is 18.7 Å². The number of thiazole rings is 1. The van der Waals surface area contributed by atoms with Crippen LogP contribution >= 0.6 is 23.1 Å². The standard InChI is InChI=1S/C21H21FN2O3S2/c1-3-27-19(26)13-24-20-16(22)6-5-7-17(20)29-21(24)23-18(25)12-14-8-10-15(11-9-14)28-4-2/h5-11H,3-4,12-13H2,1-2H3. The SMILES string of the molecule is CCOC(=O)Cn1c(=NC(=O)Cc2ccc(SCC)cc2)sc2cccc(F)c21. The number of para-hydroxylation sites is 1. The van der Waals surface area contributed by atoms with E-state index in [-0.39, 0.29) is 35.8 Å². The average molecular weight is 433 g/mol. The molecule has 0 saturated carbocycles. The maximum Gasteiger partial charge on any atom is 0.326 e. The van der Waals surface area contributed by atoms with Crippen LogP contribution in [0.15, 0.2) is 52.4 Å². The summed E-state index contributed by atoms with van der Waals surface area (Å²) in [7, 11) is 0. The summed E-state index contributed by atoms with van der Waals surface area (Å²) in [4.78, 5) is 30.1. The van der Waals surface area contributed by atoms with E-state index in [9.17, 15) is 14.0 Å². The van der Waals surface area contributed by atoms with Gasteiger partial charge in [-0.25, -0.2) is 4.39 Å². The van der Waals surface area contributed by atoms with E-state index in [0.717, 1.165) is 16.2 Å². The average Bonchev–Trinajstić information content (AvgIpc) is 3.02. The van der Waals surface area contributed by atoms with E-state index in [1.54, 1.807) is 30.8 Å². The lowest BCUT2D eigenvalue weighted by atomic mass is 10.1. The van der Waals surface area contributed by atoms with Gasteiger partial charge in [-0.15, -0.1) is 11.8 Å². The zero-order chi connectivity index (χ0) is 20.8. The summed E-state index contributed by atoms with van der Waals surface area (Å²) in [5, 5.41) is 0. The van der Waals surface area contributed by atoms with E-state index in [0.29, 0.717) is 4.70 Å². The fourth-order valence-corrected chi connectivity index (χ4v) is 4.57. The van der Waals surface area contributed by atoms with Crippen LogP contribution in [0.2, 0.25) is 0 Å². The third-order valence-corrected chi connectivity index (χ3v) is 5.99. The minimum Gasteiger partial charge on any atom is -0.465 e. The second-order valence-corrected chi connectivity index (χ2v) is 8.47. The minimum atomic E-state index is -0.506. The zero-order valence-electron chi connectivity index (χ0n) is 16.2. The van der Waals surface area contributed by atoms with E-state index >= 15 is 0 Å². The van der Waals surface area contributed by atoms with E-state index in [1.165, 1.54) is 22.0 Å². The summed E-state index contributed by atoms with van der Waals surface area (Å²) in [6, 6.07) is 12.4. The van der Waals surface area contributed by atoms with Gasteiger partial charge in [0.05, 0.1) is 23.2 Å². The van der Waals surface area contributed by atoms with Crippen LogP contribution in [0.3, 0.4) is 0 Å². The number of thioether (sulfide) groups is 1. The molecule has 5 nitrogen and oxygen atoms in total. The van der Waals surface area contributed by atoms with Gasteiger partial charge in [0.1, 0.15) is 12.4 Å². The van der Waals surface area contributed by atoms with Crippen LogP contribution in [-0.2, 0) is 27.3 Å². The van der Waals surface area contributed by atoms with Crippen LogP contribution in [0.1, 0.15) is 19.4 Å². The first-order valence-corrected chi connectivity index (χ1v) is 11.0. The number of halogens is 1. The van der Waals surface area contributed by atoms with Gasteiger partial charge in [0.2, 0.25) is 0 Å². The van der Waals surface area contributed by atoms with E-state index in [1.807, 2.05) is 24.3 Å². The summed E-state index contributed by atoms with van der Waals surface area (Å²) in [5.74, 6) is -0.351. The van der Waals surface area contributed by atoms with Gasteiger partial charge in [-0.1, -0.05) is 36.5 Å². The fraction of sp³-hybridized carbons (Fsp3) is 0.286. The Labute approximate surface area is 176 Å². The quantitative estimate of drug-likeness (QED) is 0.415. The number of rotatable bonds is 7. The Morgan fingerprint density at radius 1 is 1.17 bits per heavy atom. The summed E-state index contributed by atoms with van der Waals surface area (Å²) in [6.07, 6.45) is 0.132. The van der Waals surface area contributed by atoms with Gasteiger partial charge in [0.25, 0.3) is 5.91 Å². The molecule has 0 unspecified atom stereocenters. The maximum atomic E-state index is 14.4. The molecule has 2 aromatic carbocycles. The number of carbonyl (C=O) groups is 2. The normalized spacial score (nSPS) is 11.8. The zero-order valence-corrected chi connectivity index (χ0v) is 17.8. The van der Waals surface area contributed by atoms with Crippen molar-refractivity contribution in [3.8, 4) is 0 Å². The van der Waals surface area contributed by atoms with Gasteiger partial charge >= 0.3 is 5.97 Å². The Bertz CT molecular complexity index is 1090. The van der Waals surface area contributed by atoms with Gasteiger partial charge in [0.15, 0.2) is 4.80 Å². The van der Waals surface area contributed by atoms with Crippen molar-refractivity contribution >= 4 is 45.2 Å². The Balaban J connectivity index is 1.92. The Morgan fingerprint density at radius 2 is 1.93 bits per heavy atom. The van der Waals surface area contributed by atoms with Crippen molar-refractivity contribution in [2.45, 2.75) is 31.7 Å². The molecule has 0 fully saturated rings. The van der Waals surface area contributed by atoms with E-state index in [2.05, 4.69) is 11.9 Å². The lowest BCUT2D eigenvalue weighted by Crippen LogP contribution is -2.23. The second kappa shape index (κ2) is 9.84. The van der Waals surface area contributed by atoms with Crippen molar-refractivity contribution in [2.24, 2.45) is 4.99 Å². The highest BCUT2D eigenvalue weighted by atomic mass is 32.2.